The zero-order valence-electron chi connectivity index (χ0n) is 14.2. The van der Waals surface area contributed by atoms with Gasteiger partial charge in [0.25, 0.3) is 0 Å². The maximum atomic E-state index is 13.0. The Labute approximate surface area is 173 Å². The fourth-order valence-electron chi connectivity index (χ4n) is 2.76. The molecule has 0 aliphatic heterocycles. The molecule has 0 aromatic heterocycles. The summed E-state index contributed by atoms with van der Waals surface area (Å²) in [4.78, 5) is 13.0. The third-order valence-corrected chi connectivity index (χ3v) is 4.53. The van der Waals surface area contributed by atoms with Gasteiger partial charge in [0, 0.05) is 15.7 Å². The smallest absolute Gasteiger partial charge is 0.238 e. The molecule has 0 bridgehead atoms. The standard InChI is InChI=1S/C21H16Cl2N2OS/c22-16-11-17(23)13-18(12-16)24-21(27)25-20(26)19(14-7-3-1-4-8-14)15-9-5-2-6-10-15/h1-13,19H,(H2,24,25,26,27). The molecule has 3 nitrogen and oxygen atoms in total. The molecule has 2 N–H and O–H groups in total. The molecule has 0 atom stereocenters. The fraction of sp³-hybridized carbons (Fsp3) is 0.0476. The van der Waals surface area contributed by atoms with Crippen molar-refractivity contribution in [2.24, 2.45) is 0 Å². The summed E-state index contributed by atoms with van der Waals surface area (Å²) in [7, 11) is 0. The largest absolute Gasteiger partial charge is 0.332 e. The summed E-state index contributed by atoms with van der Waals surface area (Å²) >= 11 is 17.3. The van der Waals surface area contributed by atoms with Crippen LogP contribution in [-0.2, 0) is 4.79 Å². The Morgan fingerprint density at radius 2 is 1.30 bits per heavy atom. The van der Waals surface area contributed by atoms with Gasteiger partial charge in [-0.3, -0.25) is 4.79 Å². The van der Waals surface area contributed by atoms with Gasteiger partial charge in [-0.15, -0.1) is 0 Å². The van der Waals surface area contributed by atoms with Crippen LogP contribution in [0.3, 0.4) is 0 Å². The second-order valence-electron chi connectivity index (χ2n) is 5.86. The van der Waals surface area contributed by atoms with Crippen molar-refractivity contribution < 1.29 is 4.79 Å². The summed E-state index contributed by atoms with van der Waals surface area (Å²) in [6, 6.07) is 24.1. The number of anilines is 1. The molecule has 0 radical (unpaired) electrons. The third-order valence-electron chi connectivity index (χ3n) is 3.89. The molecular weight excluding hydrogens is 399 g/mol. The van der Waals surface area contributed by atoms with E-state index in [-0.39, 0.29) is 11.0 Å². The van der Waals surface area contributed by atoms with Gasteiger partial charge in [0.15, 0.2) is 5.11 Å². The van der Waals surface area contributed by atoms with Gasteiger partial charge in [-0.1, -0.05) is 83.9 Å². The molecule has 1 amide bonds. The second-order valence-corrected chi connectivity index (χ2v) is 7.14. The number of nitrogens with one attached hydrogen (secondary N) is 2. The van der Waals surface area contributed by atoms with Crippen LogP contribution in [0.25, 0.3) is 0 Å². The van der Waals surface area contributed by atoms with E-state index in [0.717, 1.165) is 11.1 Å². The van der Waals surface area contributed by atoms with Gasteiger partial charge in [0.1, 0.15) is 0 Å². The van der Waals surface area contributed by atoms with E-state index in [0.29, 0.717) is 15.7 Å². The molecule has 0 saturated heterocycles. The molecule has 0 heterocycles. The normalized spacial score (nSPS) is 10.5. The molecule has 27 heavy (non-hydrogen) atoms. The Morgan fingerprint density at radius 1 is 0.815 bits per heavy atom. The predicted octanol–water partition coefficient (Wildman–Crippen LogP) is 5.64. The SMILES string of the molecule is O=C(NC(=S)Nc1cc(Cl)cc(Cl)c1)C(c1ccccc1)c1ccccc1. The van der Waals surface area contributed by atoms with Crippen LogP contribution in [0.2, 0.25) is 10.0 Å². The first-order valence-corrected chi connectivity index (χ1v) is 9.37. The monoisotopic (exact) mass is 414 g/mol. The van der Waals surface area contributed by atoms with Crippen molar-refractivity contribution in [1.29, 1.82) is 0 Å². The molecule has 0 spiro atoms. The molecule has 0 aliphatic rings. The van der Waals surface area contributed by atoms with E-state index < -0.39 is 5.92 Å². The van der Waals surface area contributed by atoms with Gasteiger partial charge in [0.2, 0.25) is 5.91 Å². The molecule has 136 valence electrons. The minimum atomic E-state index is -0.477. The van der Waals surface area contributed by atoms with Crippen LogP contribution in [-0.4, -0.2) is 11.0 Å². The van der Waals surface area contributed by atoms with Crippen molar-refractivity contribution in [3.05, 3.63) is 100 Å². The Morgan fingerprint density at radius 3 is 1.78 bits per heavy atom. The first kappa shape index (κ1) is 19.4. The Kier molecular flexibility index (Phi) is 6.45. The van der Waals surface area contributed by atoms with E-state index in [1.165, 1.54) is 0 Å². The van der Waals surface area contributed by atoms with E-state index >= 15 is 0 Å². The number of carbonyl (C=O) groups excluding carboxylic acids is 1. The van der Waals surface area contributed by atoms with Gasteiger partial charge >= 0.3 is 0 Å². The number of hydrogen-bond acceptors (Lipinski definition) is 2. The lowest BCUT2D eigenvalue weighted by atomic mass is 9.90. The average Bonchev–Trinajstić information content (AvgIpc) is 2.62. The molecule has 3 aromatic carbocycles. The lowest BCUT2D eigenvalue weighted by molar-refractivity contribution is -0.120. The van der Waals surface area contributed by atoms with Crippen LogP contribution in [0, 0.1) is 0 Å². The van der Waals surface area contributed by atoms with Crippen molar-refractivity contribution in [1.82, 2.24) is 5.32 Å². The van der Waals surface area contributed by atoms with E-state index in [4.69, 9.17) is 35.4 Å². The molecule has 3 aromatic rings. The number of benzene rings is 3. The molecular formula is C21H16Cl2N2OS. The van der Waals surface area contributed by atoms with Crippen LogP contribution in [0.1, 0.15) is 17.0 Å². The summed E-state index contributed by atoms with van der Waals surface area (Å²) < 4.78 is 0. The summed E-state index contributed by atoms with van der Waals surface area (Å²) in [6.45, 7) is 0. The van der Waals surface area contributed by atoms with Crippen LogP contribution >= 0.6 is 35.4 Å². The van der Waals surface area contributed by atoms with Crippen LogP contribution in [0.4, 0.5) is 5.69 Å². The Balaban J connectivity index is 1.79. The van der Waals surface area contributed by atoms with Crippen molar-refractivity contribution in [3.8, 4) is 0 Å². The first-order chi connectivity index (χ1) is 13.0. The van der Waals surface area contributed by atoms with Crippen molar-refractivity contribution >= 4 is 52.1 Å². The summed E-state index contributed by atoms with van der Waals surface area (Å²) in [5, 5.41) is 6.83. The van der Waals surface area contributed by atoms with Crippen molar-refractivity contribution in [2.75, 3.05) is 5.32 Å². The number of thiocarbonyl (C=S) groups is 1. The van der Waals surface area contributed by atoms with Gasteiger partial charge in [0.05, 0.1) is 5.92 Å². The van der Waals surface area contributed by atoms with Crippen molar-refractivity contribution in [2.45, 2.75) is 5.92 Å². The Bertz CT molecular complexity index is 889. The lowest BCUT2D eigenvalue weighted by Gasteiger charge is -2.18. The predicted molar refractivity (Wildman–Crippen MR) is 116 cm³/mol. The van der Waals surface area contributed by atoms with Gasteiger partial charge in [-0.25, -0.2) is 0 Å². The van der Waals surface area contributed by atoms with E-state index in [2.05, 4.69) is 10.6 Å². The van der Waals surface area contributed by atoms with Crippen LogP contribution in [0.5, 0.6) is 0 Å². The highest BCUT2D eigenvalue weighted by Crippen LogP contribution is 2.25. The van der Waals surface area contributed by atoms with Crippen LogP contribution in [0.15, 0.2) is 78.9 Å². The molecule has 0 aliphatic carbocycles. The summed E-state index contributed by atoms with van der Waals surface area (Å²) in [5.41, 5.74) is 2.37. The number of carbonyl (C=O) groups is 1. The summed E-state index contributed by atoms with van der Waals surface area (Å²) in [6.07, 6.45) is 0. The third kappa shape index (κ3) is 5.30. The average molecular weight is 415 g/mol. The molecule has 6 heteroatoms. The minimum Gasteiger partial charge on any atom is -0.332 e. The topological polar surface area (TPSA) is 41.1 Å². The first-order valence-electron chi connectivity index (χ1n) is 8.21. The zero-order chi connectivity index (χ0) is 19.2. The number of amides is 1. The Hall–Kier alpha value is -2.40. The summed E-state index contributed by atoms with van der Waals surface area (Å²) in [5.74, 6) is -0.701. The second kappa shape index (κ2) is 9.00. The highest BCUT2D eigenvalue weighted by atomic mass is 35.5. The quantitative estimate of drug-likeness (QED) is 0.542. The molecule has 0 saturated carbocycles. The molecule has 3 rings (SSSR count). The maximum absolute atomic E-state index is 13.0. The lowest BCUT2D eigenvalue weighted by Crippen LogP contribution is -2.37. The highest BCUT2D eigenvalue weighted by molar-refractivity contribution is 7.80. The van der Waals surface area contributed by atoms with Gasteiger partial charge in [-0.2, -0.15) is 0 Å². The zero-order valence-corrected chi connectivity index (χ0v) is 16.5. The van der Waals surface area contributed by atoms with Crippen LogP contribution < -0.4 is 10.6 Å². The van der Waals surface area contributed by atoms with Gasteiger partial charge < -0.3 is 10.6 Å². The number of hydrogen-bond donors (Lipinski definition) is 2. The van der Waals surface area contributed by atoms with Gasteiger partial charge in [-0.05, 0) is 41.5 Å². The maximum Gasteiger partial charge on any atom is 0.238 e. The van der Waals surface area contributed by atoms with E-state index in [1.807, 2.05) is 60.7 Å². The number of halogens is 2. The highest BCUT2D eigenvalue weighted by Gasteiger charge is 2.23. The molecule has 0 fully saturated rings. The fourth-order valence-corrected chi connectivity index (χ4v) is 3.50. The van der Waals surface area contributed by atoms with E-state index in [1.54, 1.807) is 18.2 Å². The van der Waals surface area contributed by atoms with E-state index in [9.17, 15) is 4.79 Å². The molecule has 0 unspecified atom stereocenters. The van der Waals surface area contributed by atoms with Crippen molar-refractivity contribution in [3.63, 3.8) is 0 Å². The number of rotatable bonds is 4. The minimum absolute atomic E-state index is 0.176.